The molecule has 0 aliphatic carbocycles. The molecule has 0 saturated heterocycles. The number of carbonyl (C=O) groups excluding carboxylic acids is 1. The first-order valence-corrected chi connectivity index (χ1v) is 8.82. The van der Waals surface area contributed by atoms with Crippen LogP contribution in [0.25, 0.3) is 0 Å². The Morgan fingerprint density at radius 2 is 2.15 bits per heavy atom. The van der Waals surface area contributed by atoms with Gasteiger partial charge >= 0.3 is 5.97 Å². The maximum absolute atomic E-state index is 14.0. The third-order valence-electron chi connectivity index (χ3n) is 4.14. The molecule has 0 aromatic heterocycles. The number of ether oxygens (including phenoxy) is 3. The molecule has 0 amide bonds. The molecule has 1 aliphatic heterocycles. The van der Waals surface area contributed by atoms with Crippen LogP contribution in [0.5, 0.6) is 5.75 Å². The van der Waals surface area contributed by atoms with E-state index in [0.717, 1.165) is 12.8 Å². The van der Waals surface area contributed by atoms with Crippen LogP contribution in [-0.2, 0) is 14.3 Å². The number of nitrogens with zero attached hydrogens (tertiary/aromatic N) is 1. The third-order valence-corrected chi connectivity index (χ3v) is 4.14. The molecule has 2 N–H and O–H groups in total. The normalized spacial score (nSPS) is 16.6. The Morgan fingerprint density at radius 3 is 2.78 bits per heavy atom. The molecule has 0 saturated carbocycles. The van der Waals surface area contributed by atoms with E-state index in [0.29, 0.717) is 17.9 Å². The van der Waals surface area contributed by atoms with Crippen molar-refractivity contribution in [3.05, 3.63) is 52.4 Å². The zero-order valence-electron chi connectivity index (χ0n) is 15.7. The molecule has 144 valence electrons. The molecule has 1 heterocycles. The van der Waals surface area contributed by atoms with Crippen molar-refractivity contribution in [2.24, 2.45) is 5.73 Å². The number of carbonyl (C=O) groups is 1. The lowest BCUT2D eigenvalue weighted by Gasteiger charge is -2.28. The van der Waals surface area contributed by atoms with Crippen LogP contribution in [0.3, 0.4) is 0 Å². The highest BCUT2D eigenvalue weighted by Gasteiger charge is 2.38. The molecule has 2 rings (SSSR count). The maximum atomic E-state index is 14.0. The quantitative estimate of drug-likeness (QED) is 0.578. The van der Waals surface area contributed by atoms with Gasteiger partial charge < -0.3 is 19.9 Å². The molecule has 6 nitrogen and oxygen atoms in total. The first-order chi connectivity index (χ1) is 12.9. The van der Waals surface area contributed by atoms with E-state index in [-0.39, 0.29) is 29.4 Å². The number of unbranched alkanes of at least 4 members (excludes halogenated alkanes) is 1. The van der Waals surface area contributed by atoms with Gasteiger partial charge in [0.15, 0.2) is 0 Å². The first-order valence-electron chi connectivity index (χ1n) is 8.82. The Morgan fingerprint density at radius 1 is 1.41 bits per heavy atom. The molecular formula is C20H23FN2O4. The van der Waals surface area contributed by atoms with E-state index >= 15 is 0 Å². The second kappa shape index (κ2) is 9.08. The van der Waals surface area contributed by atoms with E-state index in [1.807, 2.05) is 13.0 Å². The Hall–Kier alpha value is -3.01. The Kier molecular flexibility index (Phi) is 6.83. The van der Waals surface area contributed by atoms with Gasteiger partial charge in [-0.3, -0.25) is 0 Å². The molecular weight excluding hydrogens is 351 g/mol. The van der Waals surface area contributed by atoms with E-state index in [1.165, 1.54) is 18.2 Å². The summed E-state index contributed by atoms with van der Waals surface area (Å²) in [4.78, 5) is 12.5. The topological polar surface area (TPSA) is 94.6 Å². The van der Waals surface area contributed by atoms with Crippen molar-refractivity contribution in [2.75, 3.05) is 13.2 Å². The number of allylic oxidation sites excluding steroid dienone is 2. The smallest absolute Gasteiger partial charge is 0.338 e. The van der Waals surface area contributed by atoms with Crippen LogP contribution < -0.4 is 10.5 Å². The van der Waals surface area contributed by atoms with Crippen molar-refractivity contribution in [2.45, 2.75) is 39.5 Å². The van der Waals surface area contributed by atoms with Crippen molar-refractivity contribution in [1.82, 2.24) is 0 Å². The summed E-state index contributed by atoms with van der Waals surface area (Å²) in [5.41, 5.74) is 6.31. The molecule has 1 atom stereocenters. The zero-order chi connectivity index (χ0) is 20.0. The second-order valence-corrected chi connectivity index (χ2v) is 6.00. The van der Waals surface area contributed by atoms with Gasteiger partial charge in [-0.25, -0.2) is 9.18 Å². The number of nitriles is 1. The number of hydrogen-bond donors (Lipinski definition) is 1. The molecule has 7 heteroatoms. The van der Waals surface area contributed by atoms with Gasteiger partial charge in [0.1, 0.15) is 29.0 Å². The summed E-state index contributed by atoms with van der Waals surface area (Å²) in [6.07, 6.45) is 1.74. The fourth-order valence-corrected chi connectivity index (χ4v) is 2.87. The number of rotatable bonds is 7. The predicted molar refractivity (Wildman–Crippen MR) is 96.8 cm³/mol. The van der Waals surface area contributed by atoms with Gasteiger partial charge in [0, 0.05) is 5.56 Å². The lowest BCUT2D eigenvalue weighted by Crippen LogP contribution is -2.26. The molecule has 0 fully saturated rings. The van der Waals surface area contributed by atoms with Crippen LogP contribution in [0.2, 0.25) is 0 Å². The fraction of sp³-hybridized carbons (Fsp3) is 0.400. The van der Waals surface area contributed by atoms with Crippen LogP contribution in [0, 0.1) is 17.1 Å². The average Bonchev–Trinajstić information content (AvgIpc) is 2.62. The third kappa shape index (κ3) is 4.40. The number of halogens is 1. The van der Waals surface area contributed by atoms with E-state index in [2.05, 4.69) is 0 Å². The van der Waals surface area contributed by atoms with Crippen molar-refractivity contribution < 1.29 is 23.4 Å². The van der Waals surface area contributed by atoms with Crippen LogP contribution >= 0.6 is 0 Å². The number of nitrogens with two attached hydrogens (primary N) is 1. The molecule has 1 aliphatic rings. The van der Waals surface area contributed by atoms with Gasteiger partial charge in [0.25, 0.3) is 0 Å². The molecule has 27 heavy (non-hydrogen) atoms. The van der Waals surface area contributed by atoms with E-state index in [9.17, 15) is 14.4 Å². The van der Waals surface area contributed by atoms with Crippen molar-refractivity contribution in [3.8, 4) is 11.8 Å². The van der Waals surface area contributed by atoms with Crippen LogP contribution in [0.15, 0.2) is 41.0 Å². The van der Waals surface area contributed by atoms with Gasteiger partial charge in [-0.15, -0.1) is 0 Å². The summed E-state index contributed by atoms with van der Waals surface area (Å²) in [7, 11) is 0. The van der Waals surface area contributed by atoms with Gasteiger partial charge in [-0.2, -0.15) is 5.26 Å². The van der Waals surface area contributed by atoms with Gasteiger partial charge in [0.2, 0.25) is 5.88 Å². The van der Waals surface area contributed by atoms with Gasteiger partial charge in [-0.05, 0) is 38.5 Å². The van der Waals surface area contributed by atoms with Crippen LogP contribution in [-0.4, -0.2) is 19.2 Å². The molecule has 1 aromatic carbocycles. The molecule has 1 aromatic rings. The molecule has 0 bridgehead atoms. The SMILES string of the molecule is CCCCOc1ccc(F)cc1C1C(C#N)=C(N)OC(C)=C1C(=O)OCC. The lowest BCUT2D eigenvalue weighted by molar-refractivity contribution is -0.139. The van der Waals surface area contributed by atoms with E-state index in [4.69, 9.17) is 19.9 Å². The number of esters is 1. The highest BCUT2D eigenvalue weighted by Crippen LogP contribution is 2.43. The van der Waals surface area contributed by atoms with Crippen molar-refractivity contribution >= 4 is 5.97 Å². The van der Waals surface area contributed by atoms with Crippen LogP contribution in [0.4, 0.5) is 4.39 Å². The highest BCUT2D eigenvalue weighted by atomic mass is 19.1. The standard InChI is InChI=1S/C20H23FN2O4/c1-4-6-9-26-16-8-7-13(21)10-14(16)18-15(11-22)19(23)27-12(3)17(18)20(24)25-5-2/h7-8,10,18H,4-6,9,23H2,1-3H3. The fourth-order valence-electron chi connectivity index (χ4n) is 2.87. The molecule has 0 radical (unpaired) electrons. The second-order valence-electron chi connectivity index (χ2n) is 6.00. The van der Waals surface area contributed by atoms with Crippen molar-refractivity contribution in [3.63, 3.8) is 0 Å². The average molecular weight is 374 g/mol. The summed E-state index contributed by atoms with van der Waals surface area (Å²) in [6.45, 7) is 5.82. The zero-order valence-corrected chi connectivity index (χ0v) is 15.7. The summed E-state index contributed by atoms with van der Waals surface area (Å²) in [5, 5.41) is 9.61. The highest BCUT2D eigenvalue weighted by molar-refractivity contribution is 5.92. The largest absolute Gasteiger partial charge is 0.493 e. The number of benzene rings is 1. The first kappa shape index (κ1) is 20.3. The Bertz CT molecular complexity index is 824. The lowest BCUT2D eigenvalue weighted by atomic mass is 9.82. The summed E-state index contributed by atoms with van der Waals surface area (Å²) >= 11 is 0. The Balaban J connectivity index is 2.62. The Labute approximate surface area is 158 Å². The van der Waals surface area contributed by atoms with Gasteiger partial charge in [-0.1, -0.05) is 13.3 Å². The van der Waals surface area contributed by atoms with E-state index in [1.54, 1.807) is 13.8 Å². The number of hydrogen-bond acceptors (Lipinski definition) is 6. The van der Waals surface area contributed by atoms with E-state index < -0.39 is 17.7 Å². The summed E-state index contributed by atoms with van der Waals surface area (Å²) in [6, 6.07) is 5.97. The molecule has 0 spiro atoms. The predicted octanol–water partition coefficient (Wildman–Crippen LogP) is 3.65. The monoisotopic (exact) mass is 374 g/mol. The summed E-state index contributed by atoms with van der Waals surface area (Å²) < 4.78 is 30.3. The van der Waals surface area contributed by atoms with Crippen LogP contribution in [0.1, 0.15) is 45.1 Å². The minimum atomic E-state index is -0.935. The minimum absolute atomic E-state index is 0.00888. The maximum Gasteiger partial charge on any atom is 0.338 e. The molecule has 1 unspecified atom stereocenters. The van der Waals surface area contributed by atoms with Crippen molar-refractivity contribution in [1.29, 1.82) is 5.26 Å². The minimum Gasteiger partial charge on any atom is -0.493 e. The van der Waals surface area contributed by atoms with Gasteiger partial charge in [0.05, 0.1) is 24.7 Å². The summed E-state index contributed by atoms with van der Waals surface area (Å²) in [5.74, 6) is -1.64.